The van der Waals surface area contributed by atoms with E-state index in [4.69, 9.17) is 0 Å². The molecule has 17 heavy (non-hydrogen) atoms. The van der Waals surface area contributed by atoms with Crippen molar-refractivity contribution in [3.63, 3.8) is 0 Å². The number of rotatable bonds is 5. The highest BCUT2D eigenvalue weighted by atomic mass is 79.9. The van der Waals surface area contributed by atoms with Gasteiger partial charge in [-0.25, -0.2) is 21.9 Å². The summed E-state index contributed by atoms with van der Waals surface area (Å²) < 4.78 is 51.2. The van der Waals surface area contributed by atoms with Crippen molar-refractivity contribution in [3.8, 4) is 0 Å². The van der Waals surface area contributed by atoms with Crippen LogP contribution in [0.3, 0.4) is 0 Å². The second kappa shape index (κ2) is 5.88. The molecule has 0 radical (unpaired) electrons. The van der Waals surface area contributed by atoms with E-state index in [0.29, 0.717) is 12.5 Å². The first-order valence-electron chi connectivity index (χ1n) is 4.91. The lowest BCUT2D eigenvalue weighted by Crippen LogP contribution is -2.26. The van der Waals surface area contributed by atoms with E-state index >= 15 is 0 Å². The molecule has 0 spiro atoms. The number of alkyl halides is 1. The van der Waals surface area contributed by atoms with Crippen molar-refractivity contribution in [1.29, 1.82) is 0 Å². The van der Waals surface area contributed by atoms with E-state index in [1.165, 1.54) is 0 Å². The van der Waals surface area contributed by atoms with E-state index < -0.39 is 21.7 Å². The van der Waals surface area contributed by atoms with Crippen LogP contribution >= 0.6 is 15.9 Å². The largest absolute Gasteiger partial charge is 0.240 e. The highest BCUT2D eigenvalue weighted by molar-refractivity contribution is 9.09. The topological polar surface area (TPSA) is 46.2 Å². The maximum Gasteiger partial charge on any atom is 0.240 e. The van der Waals surface area contributed by atoms with Crippen LogP contribution < -0.4 is 4.72 Å². The average molecular weight is 328 g/mol. The quantitative estimate of drug-likeness (QED) is 0.844. The SMILES string of the molecule is CC(Br)CCNS(=O)(=O)c1ccc(F)c(F)c1. The molecule has 1 N–H and O–H groups in total. The number of hydrogen-bond acceptors (Lipinski definition) is 2. The third-order valence-electron chi connectivity index (χ3n) is 2.04. The Morgan fingerprint density at radius 1 is 1.35 bits per heavy atom. The van der Waals surface area contributed by atoms with Gasteiger partial charge in [0.1, 0.15) is 0 Å². The maximum absolute atomic E-state index is 12.9. The summed E-state index contributed by atoms with van der Waals surface area (Å²) in [5.74, 6) is -2.25. The van der Waals surface area contributed by atoms with Crippen molar-refractivity contribution in [3.05, 3.63) is 29.8 Å². The fourth-order valence-corrected chi connectivity index (χ4v) is 2.41. The van der Waals surface area contributed by atoms with E-state index in [1.807, 2.05) is 6.92 Å². The monoisotopic (exact) mass is 327 g/mol. The first-order chi connectivity index (χ1) is 7.83. The second-order valence-electron chi connectivity index (χ2n) is 3.54. The van der Waals surface area contributed by atoms with Gasteiger partial charge in [0, 0.05) is 11.4 Å². The van der Waals surface area contributed by atoms with Crippen molar-refractivity contribution >= 4 is 26.0 Å². The molecule has 0 bridgehead atoms. The van der Waals surface area contributed by atoms with Gasteiger partial charge in [0.25, 0.3) is 0 Å². The predicted molar refractivity (Wildman–Crippen MR) is 64.6 cm³/mol. The van der Waals surface area contributed by atoms with Gasteiger partial charge in [-0.05, 0) is 24.6 Å². The molecule has 1 rings (SSSR count). The summed E-state index contributed by atoms with van der Waals surface area (Å²) in [6, 6.07) is 2.48. The molecule has 1 unspecified atom stereocenters. The number of nitrogens with one attached hydrogen (secondary N) is 1. The van der Waals surface area contributed by atoms with Crippen LogP contribution in [0.2, 0.25) is 0 Å². The van der Waals surface area contributed by atoms with Crippen LogP contribution in [0.1, 0.15) is 13.3 Å². The molecule has 0 heterocycles. The smallest absolute Gasteiger partial charge is 0.211 e. The van der Waals surface area contributed by atoms with Crippen LogP contribution in [0.5, 0.6) is 0 Å². The van der Waals surface area contributed by atoms with Crippen LogP contribution in [0, 0.1) is 11.6 Å². The van der Waals surface area contributed by atoms with Crippen molar-refractivity contribution in [2.45, 2.75) is 23.1 Å². The van der Waals surface area contributed by atoms with E-state index in [1.54, 1.807) is 0 Å². The standard InChI is InChI=1S/C10H12BrF2NO2S/c1-7(11)4-5-14-17(15,16)8-2-3-9(12)10(13)6-8/h2-3,6-7,14H,4-5H2,1H3. The minimum absolute atomic E-state index is 0.176. The van der Waals surface area contributed by atoms with Crippen molar-refractivity contribution in [2.75, 3.05) is 6.54 Å². The molecule has 0 aliphatic carbocycles. The van der Waals surface area contributed by atoms with Crippen LogP contribution in [0.25, 0.3) is 0 Å². The molecule has 1 atom stereocenters. The summed E-state index contributed by atoms with van der Waals surface area (Å²) in [6.45, 7) is 2.11. The second-order valence-corrected chi connectivity index (χ2v) is 6.87. The fraction of sp³-hybridized carbons (Fsp3) is 0.400. The Morgan fingerprint density at radius 2 is 2.00 bits per heavy atom. The van der Waals surface area contributed by atoms with Gasteiger partial charge in [-0.3, -0.25) is 0 Å². The summed E-state index contributed by atoms with van der Waals surface area (Å²) in [5, 5.41) is 0. The molecular weight excluding hydrogens is 316 g/mol. The molecule has 0 saturated heterocycles. The van der Waals surface area contributed by atoms with Gasteiger partial charge in [-0.1, -0.05) is 22.9 Å². The minimum Gasteiger partial charge on any atom is -0.211 e. The first kappa shape index (κ1) is 14.5. The Balaban J connectivity index is 2.79. The van der Waals surface area contributed by atoms with Gasteiger partial charge in [0.15, 0.2) is 11.6 Å². The Kier molecular flexibility index (Phi) is 5.03. The third-order valence-corrected chi connectivity index (χ3v) is 3.95. The normalized spacial score (nSPS) is 13.6. The number of sulfonamides is 1. The highest BCUT2D eigenvalue weighted by Gasteiger charge is 2.15. The van der Waals surface area contributed by atoms with Crippen LogP contribution in [0.4, 0.5) is 8.78 Å². The van der Waals surface area contributed by atoms with E-state index in [2.05, 4.69) is 20.7 Å². The Hall–Kier alpha value is -0.530. The van der Waals surface area contributed by atoms with Gasteiger partial charge >= 0.3 is 0 Å². The minimum atomic E-state index is -3.77. The molecule has 0 saturated carbocycles. The predicted octanol–water partition coefficient (Wildman–Crippen LogP) is 2.42. The molecule has 3 nitrogen and oxygen atoms in total. The van der Waals surface area contributed by atoms with Crippen LogP contribution in [-0.2, 0) is 10.0 Å². The average Bonchev–Trinajstić information content (AvgIpc) is 2.21. The molecule has 96 valence electrons. The zero-order valence-electron chi connectivity index (χ0n) is 9.08. The Labute approximate surface area is 107 Å². The zero-order valence-corrected chi connectivity index (χ0v) is 11.5. The van der Waals surface area contributed by atoms with Gasteiger partial charge in [-0.15, -0.1) is 0 Å². The molecule has 0 aromatic heterocycles. The summed E-state index contributed by atoms with van der Waals surface area (Å²) in [4.78, 5) is -0.103. The molecule has 1 aromatic carbocycles. The molecule has 0 amide bonds. The van der Waals surface area contributed by atoms with Gasteiger partial charge in [0.2, 0.25) is 10.0 Å². The first-order valence-corrected chi connectivity index (χ1v) is 7.31. The van der Waals surface area contributed by atoms with Crippen LogP contribution in [0.15, 0.2) is 23.1 Å². The Morgan fingerprint density at radius 3 is 2.53 bits per heavy atom. The highest BCUT2D eigenvalue weighted by Crippen LogP contribution is 2.13. The lowest BCUT2D eigenvalue weighted by molar-refractivity contribution is 0.504. The number of halogens is 3. The Bertz CT molecular complexity index is 491. The zero-order chi connectivity index (χ0) is 13.1. The molecule has 1 aromatic rings. The van der Waals surface area contributed by atoms with Gasteiger partial charge in [0.05, 0.1) is 4.90 Å². The summed E-state index contributed by atoms with van der Waals surface area (Å²) in [6.07, 6.45) is 0.600. The summed E-state index contributed by atoms with van der Waals surface area (Å²) in [5.41, 5.74) is 0. The van der Waals surface area contributed by atoms with Gasteiger partial charge in [-0.2, -0.15) is 0 Å². The molecule has 0 aliphatic heterocycles. The summed E-state index contributed by atoms with van der Waals surface area (Å²) >= 11 is 3.28. The molecule has 0 aliphatic rings. The van der Waals surface area contributed by atoms with Crippen molar-refractivity contribution in [1.82, 2.24) is 4.72 Å². The molecule has 7 heteroatoms. The van der Waals surface area contributed by atoms with Crippen molar-refractivity contribution < 1.29 is 17.2 Å². The van der Waals surface area contributed by atoms with Crippen LogP contribution in [-0.4, -0.2) is 19.8 Å². The molecular formula is C10H12BrF2NO2S. The van der Waals surface area contributed by atoms with E-state index in [0.717, 1.165) is 12.1 Å². The third kappa shape index (κ3) is 4.33. The summed E-state index contributed by atoms with van der Waals surface area (Å²) in [7, 11) is -3.77. The van der Waals surface area contributed by atoms with E-state index in [-0.39, 0.29) is 16.3 Å². The van der Waals surface area contributed by atoms with Gasteiger partial charge < -0.3 is 0 Å². The number of hydrogen-bond donors (Lipinski definition) is 1. The van der Waals surface area contributed by atoms with E-state index in [9.17, 15) is 17.2 Å². The lowest BCUT2D eigenvalue weighted by Gasteiger charge is -2.07. The molecule has 0 fully saturated rings. The maximum atomic E-state index is 12.9. The number of benzene rings is 1. The fourth-order valence-electron chi connectivity index (χ4n) is 1.12. The van der Waals surface area contributed by atoms with Crippen molar-refractivity contribution in [2.24, 2.45) is 0 Å². The lowest BCUT2D eigenvalue weighted by atomic mass is 10.3.